The van der Waals surface area contributed by atoms with E-state index in [1.54, 1.807) is 12.6 Å². The molecule has 3 rings (SSSR count). The Morgan fingerprint density at radius 1 is 1.25 bits per heavy atom. The molecule has 104 valence electrons. The number of hydrogen-bond acceptors (Lipinski definition) is 4. The molecular formula is C15H16N2O3. The van der Waals surface area contributed by atoms with E-state index in [0.29, 0.717) is 13.2 Å². The van der Waals surface area contributed by atoms with Gasteiger partial charge >= 0.3 is 0 Å². The average Bonchev–Trinajstić information content (AvgIpc) is 3.09. The second-order valence-corrected chi connectivity index (χ2v) is 4.63. The van der Waals surface area contributed by atoms with Crippen LogP contribution in [-0.4, -0.2) is 27.4 Å². The molecule has 20 heavy (non-hydrogen) atoms. The van der Waals surface area contributed by atoms with E-state index in [9.17, 15) is 5.11 Å². The van der Waals surface area contributed by atoms with Gasteiger partial charge in [0.15, 0.2) is 0 Å². The normalized spacial score (nSPS) is 12.8. The number of furan rings is 1. The van der Waals surface area contributed by atoms with Crippen molar-refractivity contribution < 1.29 is 14.3 Å². The Morgan fingerprint density at radius 3 is 3.00 bits per heavy atom. The molecule has 0 amide bonds. The van der Waals surface area contributed by atoms with Gasteiger partial charge in [-0.3, -0.25) is 0 Å². The maximum Gasteiger partial charge on any atom is 0.129 e. The van der Waals surface area contributed by atoms with Crippen LogP contribution in [-0.2, 0) is 17.9 Å². The summed E-state index contributed by atoms with van der Waals surface area (Å²) in [5.74, 6) is 0.755. The van der Waals surface area contributed by atoms with Gasteiger partial charge < -0.3 is 18.8 Å². The van der Waals surface area contributed by atoms with Gasteiger partial charge in [-0.15, -0.1) is 0 Å². The van der Waals surface area contributed by atoms with Crippen molar-refractivity contribution >= 4 is 11.0 Å². The highest BCUT2D eigenvalue weighted by Crippen LogP contribution is 2.12. The lowest BCUT2D eigenvalue weighted by Gasteiger charge is -2.12. The lowest BCUT2D eigenvalue weighted by Crippen LogP contribution is -2.21. The van der Waals surface area contributed by atoms with E-state index in [-0.39, 0.29) is 6.61 Å². The minimum absolute atomic E-state index is 0.257. The monoisotopic (exact) mass is 272 g/mol. The van der Waals surface area contributed by atoms with Crippen LogP contribution < -0.4 is 0 Å². The fourth-order valence-electron chi connectivity index (χ4n) is 2.13. The molecule has 0 aliphatic carbocycles. The van der Waals surface area contributed by atoms with Crippen LogP contribution in [0.25, 0.3) is 11.0 Å². The summed E-state index contributed by atoms with van der Waals surface area (Å²) in [4.78, 5) is 4.29. The summed E-state index contributed by atoms with van der Waals surface area (Å²) in [5.41, 5.74) is 1.94. The van der Waals surface area contributed by atoms with E-state index in [4.69, 9.17) is 9.15 Å². The highest BCUT2D eigenvalue weighted by molar-refractivity contribution is 5.74. The van der Waals surface area contributed by atoms with Crippen molar-refractivity contribution in [3.63, 3.8) is 0 Å². The fraction of sp³-hybridized carbons (Fsp3) is 0.267. The number of para-hydroxylation sites is 2. The minimum Gasteiger partial charge on any atom is -0.467 e. The minimum atomic E-state index is -0.581. The number of rotatable bonds is 6. The predicted molar refractivity (Wildman–Crippen MR) is 74.1 cm³/mol. The number of imidazole rings is 1. The Hall–Kier alpha value is -2.11. The highest BCUT2D eigenvalue weighted by atomic mass is 16.5. The Bertz CT molecular complexity index is 661. The standard InChI is InChI=1S/C15H16N2O3/c18-12(9-19-10-13-4-3-7-20-13)8-17-11-16-14-5-1-2-6-15(14)17/h1-7,11-12,18H,8-10H2. The summed E-state index contributed by atoms with van der Waals surface area (Å²) in [5, 5.41) is 10.0. The molecule has 3 aromatic rings. The average molecular weight is 272 g/mol. The van der Waals surface area contributed by atoms with Crippen molar-refractivity contribution in [2.75, 3.05) is 6.61 Å². The first-order chi connectivity index (χ1) is 9.83. The summed E-state index contributed by atoms with van der Waals surface area (Å²) in [7, 11) is 0. The number of fused-ring (bicyclic) bond motifs is 1. The van der Waals surface area contributed by atoms with Crippen LogP contribution in [0.2, 0.25) is 0 Å². The molecule has 5 heteroatoms. The number of ether oxygens (including phenoxy) is 1. The summed E-state index contributed by atoms with van der Waals surface area (Å²) in [6.45, 7) is 1.08. The van der Waals surface area contributed by atoms with Crippen LogP contribution in [0.4, 0.5) is 0 Å². The molecule has 0 aliphatic heterocycles. The van der Waals surface area contributed by atoms with Gasteiger partial charge in [-0.2, -0.15) is 0 Å². The van der Waals surface area contributed by atoms with Gasteiger partial charge in [0, 0.05) is 0 Å². The molecule has 0 spiro atoms. The Kier molecular flexibility index (Phi) is 3.80. The molecule has 0 fully saturated rings. The Morgan fingerprint density at radius 2 is 2.15 bits per heavy atom. The SMILES string of the molecule is OC(COCc1ccco1)Cn1cnc2ccccc21. The summed E-state index contributed by atoms with van der Waals surface area (Å²) in [6, 6.07) is 11.5. The van der Waals surface area contributed by atoms with Crippen LogP contribution in [0.3, 0.4) is 0 Å². The third kappa shape index (κ3) is 2.89. The number of aliphatic hydroxyl groups excluding tert-OH is 1. The Balaban J connectivity index is 1.54. The molecule has 0 radical (unpaired) electrons. The number of hydrogen-bond donors (Lipinski definition) is 1. The van der Waals surface area contributed by atoms with Crippen molar-refractivity contribution in [3.05, 3.63) is 54.7 Å². The molecule has 1 aromatic carbocycles. The van der Waals surface area contributed by atoms with E-state index < -0.39 is 6.10 Å². The van der Waals surface area contributed by atoms with E-state index in [0.717, 1.165) is 16.8 Å². The zero-order valence-electron chi connectivity index (χ0n) is 11.0. The van der Waals surface area contributed by atoms with Crippen molar-refractivity contribution in [2.24, 2.45) is 0 Å². The fourth-order valence-corrected chi connectivity index (χ4v) is 2.13. The maximum atomic E-state index is 10.0. The van der Waals surface area contributed by atoms with Crippen LogP contribution in [0, 0.1) is 0 Å². The van der Waals surface area contributed by atoms with E-state index in [1.807, 2.05) is 41.0 Å². The molecule has 0 aliphatic rings. The van der Waals surface area contributed by atoms with Gasteiger partial charge in [0.25, 0.3) is 0 Å². The first-order valence-corrected chi connectivity index (χ1v) is 6.51. The number of benzene rings is 1. The van der Waals surface area contributed by atoms with Gasteiger partial charge in [0.1, 0.15) is 12.4 Å². The molecule has 1 atom stereocenters. The smallest absolute Gasteiger partial charge is 0.129 e. The number of nitrogens with zero attached hydrogens (tertiary/aromatic N) is 2. The lowest BCUT2D eigenvalue weighted by atomic mass is 10.3. The molecule has 1 unspecified atom stereocenters. The zero-order chi connectivity index (χ0) is 13.8. The van der Waals surface area contributed by atoms with E-state index in [1.165, 1.54) is 0 Å². The van der Waals surface area contributed by atoms with Crippen LogP contribution in [0.1, 0.15) is 5.76 Å². The largest absolute Gasteiger partial charge is 0.467 e. The predicted octanol–water partition coefficient (Wildman–Crippen LogP) is 2.21. The van der Waals surface area contributed by atoms with Crippen molar-refractivity contribution in [2.45, 2.75) is 19.3 Å². The second kappa shape index (κ2) is 5.90. The molecular weight excluding hydrogens is 256 g/mol. The highest BCUT2D eigenvalue weighted by Gasteiger charge is 2.09. The molecule has 0 saturated heterocycles. The molecule has 5 nitrogen and oxygen atoms in total. The number of aliphatic hydroxyl groups is 1. The van der Waals surface area contributed by atoms with Gasteiger partial charge in [0.05, 0.1) is 42.9 Å². The van der Waals surface area contributed by atoms with Crippen molar-refractivity contribution in [3.8, 4) is 0 Å². The van der Waals surface area contributed by atoms with Crippen molar-refractivity contribution in [1.82, 2.24) is 9.55 Å². The van der Waals surface area contributed by atoms with E-state index >= 15 is 0 Å². The van der Waals surface area contributed by atoms with Crippen LogP contribution in [0.15, 0.2) is 53.4 Å². The van der Waals surface area contributed by atoms with Crippen LogP contribution in [0.5, 0.6) is 0 Å². The molecule has 1 N–H and O–H groups in total. The molecule has 0 saturated carbocycles. The van der Waals surface area contributed by atoms with Crippen molar-refractivity contribution in [1.29, 1.82) is 0 Å². The third-order valence-corrected chi connectivity index (χ3v) is 3.07. The quantitative estimate of drug-likeness (QED) is 0.747. The third-order valence-electron chi connectivity index (χ3n) is 3.07. The van der Waals surface area contributed by atoms with Gasteiger partial charge in [0.2, 0.25) is 0 Å². The van der Waals surface area contributed by atoms with Gasteiger partial charge in [-0.05, 0) is 24.3 Å². The van der Waals surface area contributed by atoms with Gasteiger partial charge in [-0.25, -0.2) is 4.98 Å². The molecule has 2 aromatic heterocycles. The van der Waals surface area contributed by atoms with Crippen LogP contribution >= 0.6 is 0 Å². The first kappa shape index (κ1) is 12.9. The summed E-state index contributed by atoms with van der Waals surface area (Å²) in [6.07, 6.45) is 2.76. The summed E-state index contributed by atoms with van der Waals surface area (Å²) < 4.78 is 12.5. The zero-order valence-corrected chi connectivity index (χ0v) is 11.0. The molecule has 0 bridgehead atoms. The topological polar surface area (TPSA) is 60.4 Å². The second-order valence-electron chi connectivity index (χ2n) is 4.63. The van der Waals surface area contributed by atoms with Gasteiger partial charge in [-0.1, -0.05) is 12.1 Å². The maximum absolute atomic E-state index is 10.0. The lowest BCUT2D eigenvalue weighted by molar-refractivity contribution is 0.0151. The number of aromatic nitrogens is 2. The summed E-state index contributed by atoms with van der Waals surface area (Å²) >= 11 is 0. The first-order valence-electron chi connectivity index (χ1n) is 6.51. The van der Waals surface area contributed by atoms with E-state index in [2.05, 4.69) is 4.98 Å². The molecule has 2 heterocycles. The Labute approximate surface area is 116 Å².